The minimum Gasteiger partial charge on any atom is -0.490 e. The Bertz CT molecular complexity index is 484. The molecular formula is C19H29NO. The molecule has 0 bridgehead atoms. The van der Waals surface area contributed by atoms with E-state index in [-0.39, 0.29) is 0 Å². The molecule has 0 amide bonds. The lowest BCUT2D eigenvalue weighted by Crippen LogP contribution is -2.29. The minimum absolute atomic E-state index is 0.415. The Kier molecular flexibility index (Phi) is 4.54. The lowest BCUT2D eigenvalue weighted by molar-refractivity contribution is 0.0993. The summed E-state index contributed by atoms with van der Waals surface area (Å²) < 4.78 is 6.44. The van der Waals surface area contributed by atoms with Gasteiger partial charge in [0.1, 0.15) is 5.75 Å². The van der Waals surface area contributed by atoms with Crippen molar-refractivity contribution in [2.75, 3.05) is 7.05 Å². The van der Waals surface area contributed by atoms with E-state index in [1.54, 1.807) is 0 Å². The molecule has 4 unspecified atom stereocenters. The highest BCUT2D eigenvalue weighted by Gasteiger charge is 2.27. The average Bonchev–Trinajstić information content (AvgIpc) is 2.51. The van der Waals surface area contributed by atoms with Gasteiger partial charge < -0.3 is 10.1 Å². The van der Waals surface area contributed by atoms with Crippen LogP contribution in [0.15, 0.2) is 18.2 Å². The zero-order chi connectivity index (χ0) is 14.8. The monoisotopic (exact) mass is 287 g/mol. The molecule has 0 heterocycles. The Morgan fingerprint density at radius 1 is 1.10 bits per heavy atom. The van der Waals surface area contributed by atoms with E-state index in [1.165, 1.54) is 49.7 Å². The van der Waals surface area contributed by atoms with E-state index in [9.17, 15) is 0 Å². The van der Waals surface area contributed by atoms with E-state index in [1.807, 2.05) is 0 Å². The average molecular weight is 287 g/mol. The third-order valence-electron chi connectivity index (χ3n) is 5.66. The molecule has 3 rings (SSSR count). The number of fused-ring (bicyclic) bond motifs is 1. The standard InChI is InChI=1S/C19H29NO/c1-13-10-11-15(12-14(13)2)21-19-9-5-6-16-17(19)7-4-8-18(16)20-3/h5-6,9,13-15,18,20H,4,7-8,10-12H2,1-3H3. The zero-order valence-electron chi connectivity index (χ0n) is 13.7. The van der Waals surface area contributed by atoms with Crippen molar-refractivity contribution < 1.29 is 4.74 Å². The summed E-state index contributed by atoms with van der Waals surface area (Å²) in [5.41, 5.74) is 2.91. The van der Waals surface area contributed by atoms with Gasteiger partial charge in [-0.3, -0.25) is 0 Å². The van der Waals surface area contributed by atoms with Gasteiger partial charge in [0.15, 0.2) is 0 Å². The van der Waals surface area contributed by atoms with Crippen LogP contribution in [-0.2, 0) is 6.42 Å². The molecule has 1 aromatic rings. The maximum Gasteiger partial charge on any atom is 0.123 e. The molecule has 116 valence electrons. The van der Waals surface area contributed by atoms with Crippen LogP contribution in [-0.4, -0.2) is 13.2 Å². The van der Waals surface area contributed by atoms with Crippen LogP contribution >= 0.6 is 0 Å². The van der Waals surface area contributed by atoms with Gasteiger partial charge in [0.2, 0.25) is 0 Å². The van der Waals surface area contributed by atoms with Crippen LogP contribution in [0, 0.1) is 11.8 Å². The van der Waals surface area contributed by atoms with Crippen molar-refractivity contribution in [3.05, 3.63) is 29.3 Å². The molecule has 4 atom stereocenters. The van der Waals surface area contributed by atoms with Gasteiger partial charge >= 0.3 is 0 Å². The van der Waals surface area contributed by atoms with Crippen molar-refractivity contribution >= 4 is 0 Å². The molecule has 1 N–H and O–H groups in total. The highest BCUT2D eigenvalue weighted by atomic mass is 16.5. The van der Waals surface area contributed by atoms with E-state index >= 15 is 0 Å². The van der Waals surface area contributed by atoms with Crippen LogP contribution in [0.2, 0.25) is 0 Å². The summed E-state index contributed by atoms with van der Waals surface area (Å²) in [6.07, 6.45) is 7.81. The fraction of sp³-hybridized carbons (Fsp3) is 0.684. The molecule has 2 heteroatoms. The van der Waals surface area contributed by atoms with Crippen molar-refractivity contribution in [3.8, 4) is 5.75 Å². The zero-order valence-corrected chi connectivity index (χ0v) is 13.7. The highest BCUT2D eigenvalue weighted by molar-refractivity contribution is 5.43. The van der Waals surface area contributed by atoms with Gasteiger partial charge in [0, 0.05) is 6.04 Å². The number of ether oxygens (including phenoxy) is 1. The Morgan fingerprint density at radius 2 is 1.95 bits per heavy atom. The number of hydrogen-bond donors (Lipinski definition) is 1. The molecule has 0 radical (unpaired) electrons. The fourth-order valence-electron chi connectivity index (χ4n) is 4.01. The molecular weight excluding hydrogens is 258 g/mol. The predicted octanol–water partition coefficient (Wildman–Crippen LogP) is 4.49. The third kappa shape index (κ3) is 3.11. The van der Waals surface area contributed by atoms with Gasteiger partial charge in [0.25, 0.3) is 0 Å². The van der Waals surface area contributed by atoms with Crippen molar-refractivity contribution in [1.82, 2.24) is 5.32 Å². The summed E-state index contributed by atoms with van der Waals surface area (Å²) in [6.45, 7) is 4.75. The molecule has 2 aliphatic carbocycles. The van der Waals surface area contributed by atoms with Crippen molar-refractivity contribution in [2.45, 2.75) is 64.5 Å². The van der Waals surface area contributed by atoms with Crippen LogP contribution in [0.25, 0.3) is 0 Å². The topological polar surface area (TPSA) is 21.3 Å². The molecule has 21 heavy (non-hydrogen) atoms. The van der Waals surface area contributed by atoms with Gasteiger partial charge in [-0.2, -0.15) is 0 Å². The summed E-state index contributed by atoms with van der Waals surface area (Å²) >= 11 is 0. The second-order valence-electron chi connectivity index (χ2n) is 7.06. The fourth-order valence-corrected chi connectivity index (χ4v) is 4.01. The largest absolute Gasteiger partial charge is 0.490 e. The van der Waals surface area contributed by atoms with Gasteiger partial charge in [-0.05, 0) is 74.6 Å². The van der Waals surface area contributed by atoms with Gasteiger partial charge in [-0.15, -0.1) is 0 Å². The molecule has 1 aromatic carbocycles. The van der Waals surface area contributed by atoms with Crippen LogP contribution in [0.4, 0.5) is 0 Å². The second-order valence-corrected chi connectivity index (χ2v) is 7.06. The van der Waals surface area contributed by atoms with E-state index < -0.39 is 0 Å². The number of benzene rings is 1. The number of hydrogen-bond acceptors (Lipinski definition) is 2. The molecule has 2 aliphatic rings. The van der Waals surface area contributed by atoms with E-state index in [0.29, 0.717) is 12.1 Å². The number of nitrogens with one attached hydrogen (secondary N) is 1. The SMILES string of the molecule is CNC1CCCc2c(OC3CCC(C)C(C)C3)cccc21. The highest BCUT2D eigenvalue weighted by Crippen LogP contribution is 2.37. The summed E-state index contributed by atoms with van der Waals surface area (Å²) in [5, 5.41) is 3.45. The minimum atomic E-state index is 0.415. The first kappa shape index (κ1) is 14.9. The van der Waals surface area contributed by atoms with E-state index in [4.69, 9.17) is 4.74 Å². The Morgan fingerprint density at radius 3 is 2.71 bits per heavy atom. The lowest BCUT2D eigenvalue weighted by Gasteiger charge is -2.34. The van der Waals surface area contributed by atoms with Crippen LogP contribution in [0.1, 0.15) is 63.1 Å². The van der Waals surface area contributed by atoms with Crippen molar-refractivity contribution in [1.29, 1.82) is 0 Å². The molecule has 0 aromatic heterocycles. The molecule has 1 saturated carbocycles. The van der Waals surface area contributed by atoms with Gasteiger partial charge in [0.05, 0.1) is 6.10 Å². The molecule has 0 aliphatic heterocycles. The third-order valence-corrected chi connectivity index (χ3v) is 5.66. The summed E-state index contributed by atoms with van der Waals surface area (Å²) in [5.74, 6) is 2.79. The normalized spacial score (nSPS) is 32.5. The van der Waals surface area contributed by atoms with Crippen molar-refractivity contribution in [3.63, 3.8) is 0 Å². The first-order chi connectivity index (χ1) is 10.2. The summed E-state index contributed by atoms with van der Waals surface area (Å²) in [4.78, 5) is 0. The van der Waals surface area contributed by atoms with Crippen molar-refractivity contribution in [2.24, 2.45) is 11.8 Å². The van der Waals surface area contributed by atoms with E-state index in [2.05, 4.69) is 44.4 Å². The molecule has 2 nitrogen and oxygen atoms in total. The second kappa shape index (κ2) is 6.39. The summed E-state index contributed by atoms with van der Waals surface area (Å²) in [6, 6.07) is 7.12. The maximum atomic E-state index is 6.44. The van der Waals surface area contributed by atoms with E-state index in [0.717, 1.165) is 17.6 Å². The maximum absolute atomic E-state index is 6.44. The molecule has 1 fully saturated rings. The Hall–Kier alpha value is -1.02. The van der Waals surface area contributed by atoms with Crippen LogP contribution < -0.4 is 10.1 Å². The van der Waals surface area contributed by atoms with Gasteiger partial charge in [-0.1, -0.05) is 26.0 Å². The molecule has 0 saturated heterocycles. The quantitative estimate of drug-likeness (QED) is 0.884. The Balaban J connectivity index is 1.77. The van der Waals surface area contributed by atoms with Crippen LogP contribution in [0.5, 0.6) is 5.75 Å². The summed E-state index contributed by atoms with van der Waals surface area (Å²) in [7, 11) is 2.07. The van der Waals surface area contributed by atoms with Gasteiger partial charge in [-0.25, -0.2) is 0 Å². The molecule has 0 spiro atoms. The number of rotatable bonds is 3. The Labute approximate surface area is 129 Å². The van der Waals surface area contributed by atoms with Crippen LogP contribution in [0.3, 0.4) is 0 Å². The first-order valence-corrected chi connectivity index (χ1v) is 8.64. The smallest absolute Gasteiger partial charge is 0.123 e. The lowest BCUT2D eigenvalue weighted by atomic mass is 9.80. The predicted molar refractivity (Wildman–Crippen MR) is 87.8 cm³/mol. The first-order valence-electron chi connectivity index (χ1n) is 8.64.